The molecule has 0 aliphatic heterocycles. The summed E-state index contributed by atoms with van der Waals surface area (Å²) in [6.07, 6.45) is 4.10. The van der Waals surface area contributed by atoms with E-state index < -0.39 is 0 Å². The van der Waals surface area contributed by atoms with Crippen molar-refractivity contribution in [1.82, 2.24) is 0 Å². The third-order valence-corrected chi connectivity index (χ3v) is 4.12. The van der Waals surface area contributed by atoms with Crippen molar-refractivity contribution in [2.24, 2.45) is 5.73 Å². The molecule has 1 atom stereocenters. The highest BCUT2D eigenvalue weighted by Crippen LogP contribution is 2.15. The van der Waals surface area contributed by atoms with Crippen LogP contribution in [0.3, 0.4) is 0 Å². The second-order valence-electron chi connectivity index (χ2n) is 5.59. The quantitative estimate of drug-likeness (QED) is 0.515. The van der Waals surface area contributed by atoms with Crippen LogP contribution in [-0.2, 0) is 6.42 Å². The van der Waals surface area contributed by atoms with Gasteiger partial charge in [0, 0.05) is 11.8 Å². The first-order valence-corrected chi connectivity index (χ1v) is 8.53. The summed E-state index contributed by atoms with van der Waals surface area (Å²) in [7, 11) is 0. The number of benzene rings is 2. The molecule has 0 aliphatic carbocycles. The molecule has 0 saturated heterocycles. The summed E-state index contributed by atoms with van der Waals surface area (Å²) in [4.78, 5) is 0. The zero-order valence-corrected chi connectivity index (χ0v) is 15.1. The topological polar surface area (TPSA) is 35.2 Å². The summed E-state index contributed by atoms with van der Waals surface area (Å²) in [6, 6.07) is 19.1. The van der Waals surface area contributed by atoms with Crippen LogP contribution in [0, 0.1) is 0 Å². The molecular weight excluding hydrogens is 326 g/mol. The van der Waals surface area contributed by atoms with Crippen molar-refractivity contribution >= 4 is 25.0 Å². The smallest absolute Gasteiger partial charge is 0.119 e. The molecule has 23 heavy (non-hydrogen) atoms. The minimum atomic E-state index is 0. The van der Waals surface area contributed by atoms with Crippen LogP contribution in [-0.4, -0.2) is 18.4 Å². The van der Waals surface area contributed by atoms with Gasteiger partial charge in [0.05, 0.1) is 6.61 Å². The van der Waals surface area contributed by atoms with Gasteiger partial charge in [-0.2, -0.15) is 12.6 Å². The molecule has 4 heteroatoms. The van der Waals surface area contributed by atoms with E-state index in [1.165, 1.54) is 11.1 Å². The fourth-order valence-electron chi connectivity index (χ4n) is 2.32. The Hall–Kier alpha value is -1.16. The average molecular weight is 352 g/mol. The lowest BCUT2D eigenvalue weighted by atomic mass is 10.1. The van der Waals surface area contributed by atoms with E-state index in [1.54, 1.807) is 0 Å². The SMILES string of the molecule is Cl.N[C@@H](CS)CCCCOc1ccc(Cc2ccccc2)cc1. The van der Waals surface area contributed by atoms with Gasteiger partial charge in [0.15, 0.2) is 0 Å². The number of hydrogen-bond acceptors (Lipinski definition) is 3. The maximum absolute atomic E-state index is 5.83. The highest BCUT2D eigenvalue weighted by molar-refractivity contribution is 7.80. The molecule has 126 valence electrons. The maximum Gasteiger partial charge on any atom is 0.119 e. The average Bonchev–Trinajstić information content (AvgIpc) is 2.57. The maximum atomic E-state index is 5.83. The van der Waals surface area contributed by atoms with Crippen molar-refractivity contribution in [3.63, 3.8) is 0 Å². The molecule has 2 N–H and O–H groups in total. The van der Waals surface area contributed by atoms with Crippen LogP contribution in [0.15, 0.2) is 54.6 Å². The Balaban J connectivity index is 0.00000264. The van der Waals surface area contributed by atoms with Crippen molar-refractivity contribution in [2.75, 3.05) is 12.4 Å². The molecule has 2 aromatic rings. The molecular formula is C19H26ClNOS. The zero-order chi connectivity index (χ0) is 15.6. The summed E-state index contributed by atoms with van der Waals surface area (Å²) in [5.41, 5.74) is 8.46. The van der Waals surface area contributed by atoms with Crippen LogP contribution < -0.4 is 10.5 Å². The van der Waals surface area contributed by atoms with Gasteiger partial charge < -0.3 is 10.5 Å². The first-order chi connectivity index (χ1) is 10.8. The second kappa shape index (κ2) is 11.4. The monoisotopic (exact) mass is 351 g/mol. The molecule has 0 aliphatic rings. The highest BCUT2D eigenvalue weighted by atomic mass is 35.5. The van der Waals surface area contributed by atoms with Gasteiger partial charge >= 0.3 is 0 Å². The standard InChI is InChI=1S/C19H25NOS.ClH/c20-18(15-22)8-4-5-13-21-19-11-9-17(10-12-19)14-16-6-2-1-3-7-16;/h1-3,6-7,9-12,18,22H,4-5,8,13-15,20H2;1H/t18-;/m1./s1. The number of rotatable bonds is 9. The fourth-order valence-corrected chi connectivity index (χ4v) is 2.51. The molecule has 0 saturated carbocycles. The number of thiol groups is 1. The summed E-state index contributed by atoms with van der Waals surface area (Å²) in [5, 5.41) is 0. The Labute approximate surface area is 151 Å². The Morgan fingerprint density at radius 3 is 2.22 bits per heavy atom. The third-order valence-electron chi connectivity index (χ3n) is 3.65. The summed E-state index contributed by atoms with van der Waals surface area (Å²) in [6.45, 7) is 0.747. The molecule has 0 bridgehead atoms. The zero-order valence-electron chi connectivity index (χ0n) is 13.4. The molecule has 0 fully saturated rings. The first-order valence-electron chi connectivity index (χ1n) is 7.90. The molecule has 0 amide bonds. The van der Waals surface area contributed by atoms with Gasteiger partial charge in [0.25, 0.3) is 0 Å². The Morgan fingerprint density at radius 1 is 0.913 bits per heavy atom. The van der Waals surface area contributed by atoms with Gasteiger partial charge in [0.2, 0.25) is 0 Å². The van der Waals surface area contributed by atoms with Crippen molar-refractivity contribution in [3.8, 4) is 5.75 Å². The molecule has 2 rings (SSSR count). The van der Waals surface area contributed by atoms with Gasteiger partial charge in [-0.05, 0) is 48.9 Å². The molecule has 2 aromatic carbocycles. The number of ether oxygens (including phenoxy) is 1. The van der Waals surface area contributed by atoms with Gasteiger partial charge in [-0.25, -0.2) is 0 Å². The van der Waals surface area contributed by atoms with E-state index in [9.17, 15) is 0 Å². The van der Waals surface area contributed by atoms with Crippen molar-refractivity contribution in [1.29, 1.82) is 0 Å². The minimum absolute atomic E-state index is 0. The Kier molecular flexibility index (Phi) is 9.85. The first kappa shape index (κ1) is 19.9. The van der Waals surface area contributed by atoms with E-state index in [4.69, 9.17) is 10.5 Å². The third kappa shape index (κ3) is 7.78. The van der Waals surface area contributed by atoms with Crippen LogP contribution in [0.1, 0.15) is 30.4 Å². The molecule has 2 nitrogen and oxygen atoms in total. The van der Waals surface area contributed by atoms with Crippen molar-refractivity contribution < 1.29 is 4.74 Å². The van der Waals surface area contributed by atoms with E-state index >= 15 is 0 Å². The second-order valence-corrected chi connectivity index (χ2v) is 5.96. The summed E-state index contributed by atoms with van der Waals surface area (Å²) in [5.74, 6) is 1.69. The van der Waals surface area contributed by atoms with E-state index in [-0.39, 0.29) is 18.4 Å². The Bertz CT molecular complexity index is 533. The van der Waals surface area contributed by atoms with Gasteiger partial charge in [0.1, 0.15) is 5.75 Å². The van der Waals surface area contributed by atoms with Gasteiger partial charge in [-0.15, -0.1) is 12.4 Å². The van der Waals surface area contributed by atoms with Gasteiger partial charge in [-0.1, -0.05) is 42.5 Å². The summed E-state index contributed by atoms with van der Waals surface area (Å²) >= 11 is 4.19. The Morgan fingerprint density at radius 2 is 1.57 bits per heavy atom. The number of hydrogen-bond donors (Lipinski definition) is 2. The normalized spacial score (nSPS) is 11.6. The van der Waals surface area contributed by atoms with Gasteiger partial charge in [-0.3, -0.25) is 0 Å². The molecule has 0 unspecified atom stereocenters. The van der Waals surface area contributed by atoms with E-state index in [2.05, 4.69) is 61.2 Å². The van der Waals surface area contributed by atoms with Crippen LogP contribution >= 0.6 is 25.0 Å². The van der Waals surface area contributed by atoms with E-state index in [0.29, 0.717) is 0 Å². The van der Waals surface area contributed by atoms with Crippen LogP contribution in [0.2, 0.25) is 0 Å². The predicted octanol–water partition coefficient (Wildman–Crippen LogP) is 4.51. The summed E-state index contributed by atoms with van der Waals surface area (Å²) < 4.78 is 5.77. The van der Waals surface area contributed by atoms with Crippen molar-refractivity contribution in [2.45, 2.75) is 31.7 Å². The number of unbranched alkanes of at least 4 members (excludes halogenated alkanes) is 1. The van der Waals surface area contributed by atoms with Crippen LogP contribution in [0.5, 0.6) is 5.75 Å². The van der Waals surface area contributed by atoms with Crippen LogP contribution in [0.25, 0.3) is 0 Å². The highest BCUT2D eigenvalue weighted by Gasteiger charge is 2.00. The molecule has 0 spiro atoms. The molecule has 0 aromatic heterocycles. The van der Waals surface area contributed by atoms with Crippen molar-refractivity contribution in [3.05, 3.63) is 65.7 Å². The van der Waals surface area contributed by atoms with E-state index in [0.717, 1.165) is 43.8 Å². The lowest BCUT2D eigenvalue weighted by Crippen LogP contribution is -2.21. The minimum Gasteiger partial charge on any atom is -0.494 e. The lowest BCUT2D eigenvalue weighted by Gasteiger charge is -2.09. The fraction of sp³-hybridized carbons (Fsp3) is 0.368. The lowest BCUT2D eigenvalue weighted by molar-refractivity contribution is 0.304. The number of nitrogens with two attached hydrogens (primary N) is 1. The number of halogens is 1. The van der Waals surface area contributed by atoms with Crippen LogP contribution in [0.4, 0.5) is 0 Å². The predicted molar refractivity (Wildman–Crippen MR) is 104 cm³/mol. The van der Waals surface area contributed by atoms with E-state index in [1.807, 2.05) is 6.07 Å². The molecule has 0 radical (unpaired) electrons. The molecule has 0 heterocycles. The largest absolute Gasteiger partial charge is 0.494 e.